The van der Waals surface area contributed by atoms with Crippen molar-refractivity contribution in [1.29, 1.82) is 5.26 Å². The second-order valence-electron chi connectivity index (χ2n) is 5.07. The summed E-state index contributed by atoms with van der Waals surface area (Å²) in [6.07, 6.45) is 0.699. The molecule has 1 aliphatic rings. The van der Waals surface area contributed by atoms with Crippen LogP contribution in [0.4, 0.5) is 5.69 Å². The van der Waals surface area contributed by atoms with Gasteiger partial charge in [0, 0.05) is 6.54 Å². The number of sulfonamides is 1. The second-order valence-corrected chi connectivity index (χ2v) is 6.90. The fourth-order valence-corrected chi connectivity index (χ4v) is 4.30. The fraction of sp³-hybridized carbons (Fsp3) is 0.188. The summed E-state index contributed by atoms with van der Waals surface area (Å²) in [4.78, 5) is 0.0703. The van der Waals surface area contributed by atoms with Crippen LogP contribution in [0.3, 0.4) is 0 Å². The Morgan fingerprint density at radius 2 is 1.95 bits per heavy atom. The van der Waals surface area contributed by atoms with E-state index in [9.17, 15) is 8.42 Å². The van der Waals surface area contributed by atoms with Crippen LogP contribution in [0.25, 0.3) is 0 Å². The zero-order valence-electron chi connectivity index (χ0n) is 11.6. The maximum Gasteiger partial charge on any atom is 0.265 e. The highest BCUT2D eigenvalue weighted by atomic mass is 32.2. The molecule has 0 fully saturated rings. The minimum absolute atomic E-state index is 0.0703. The van der Waals surface area contributed by atoms with E-state index in [4.69, 9.17) is 5.26 Å². The van der Waals surface area contributed by atoms with E-state index in [1.807, 2.05) is 31.2 Å². The molecule has 1 heterocycles. The number of aryl methyl sites for hydroxylation is 1. The van der Waals surface area contributed by atoms with Crippen LogP contribution in [-0.4, -0.2) is 15.0 Å². The summed E-state index contributed by atoms with van der Waals surface area (Å²) in [5.41, 5.74) is 3.05. The molecule has 0 saturated heterocycles. The summed E-state index contributed by atoms with van der Waals surface area (Å²) in [6.45, 7) is 2.41. The summed E-state index contributed by atoms with van der Waals surface area (Å²) in [6, 6.07) is 14.0. The van der Waals surface area contributed by atoms with Gasteiger partial charge >= 0.3 is 0 Å². The molecule has 3 rings (SSSR count). The van der Waals surface area contributed by atoms with Gasteiger partial charge in [-0.3, -0.25) is 4.31 Å². The lowest BCUT2D eigenvalue weighted by molar-refractivity contribution is 0.592. The lowest BCUT2D eigenvalue weighted by atomic mass is 10.1. The van der Waals surface area contributed by atoms with Crippen molar-refractivity contribution in [3.05, 3.63) is 59.2 Å². The quantitative estimate of drug-likeness (QED) is 0.856. The molecule has 0 bridgehead atoms. The molecular weight excluding hydrogens is 284 g/mol. The van der Waals surface area contributed by atoms with Crippen LogP contribution in [0, 0.1) is 18.3 Å². The number of nitrogens with zero attached hydrogens (tertiary/aromatic N) is 2. The first kappa shape index (κ1) is 13.7. The van der Waals surface area contributed by atoms with Crippen LogP contribution < -0.4 is 4.31 Å². The Labute approximate surface area is 124 Å². The minimum Gasteiger partial charge on any atom is -0.266 e. The lowest BCUT2D eigenvalue weighted by Crippen LogP contribution is -2.29. The standard InChI is InChI=1S/C16H14N2O2S/c1-12-6-7-15-13(10-12)8-9-18(15)21(19,20)16-5-3-2-4-14(16)11-17/h2-7,10H,8-9H2,1H3. The van der Waals surface area contributed by atoms with Gasteiger partial charge in [0.2, 0.25) is 0 Å². The topological polar surface area (TPSA) is 61.2 Å². The Kier molecular flexibility index (Phi) is 3.19. The van der Waals surface area contributed by atoms with Gasteiger partial charge in [-0.25, -0.2) is 8.42 Å². The lowest BCUT2D eigenvalue weighted by Gasteiger charge is -2.20. The highest BCUT2D eigenvalue weighted by Crippen LogP contribution is 2.34. The monoisotopic (exact) mass is 298 g/mol. The van der Waals surface area contributed by atoms with Gasteiger partial charge in [0.05, 0.1) is 11.3 Å². The molecule has 0 atom stereocenters. The zero-order chi connectivity index (χ0) is 15.0. The van der Waals surface area contributed by atoms with Gasteiger partial charge in [0.1, 0.15) is 11.0 Å². The van der Waals surface area contributed by atoms with Crippen molar-refractivity contribution < 1.29 is 8.42 Å². The molecular formula is C16H14N2O2S. The van der Waals surface area contributed by atoms with Crippen molar-refractivity contribution in [2.75, 3.05) is 10.8 Å². The van der Waals surface area contributed by atoms with Crippen LogP contribution in [0.5, 0.6) is 0 Å². The van der Waals surface area contributed by atoms with Gasteiger partial charge in [-0.15, -0.1) is 0 Å². The smallest absolute Gasteiger partial charge is 0.265 e. The van der Waals surface area contributed by atoms with Crippen molar-refractivity contribution >= 4 is 15.7 Å². The number of hydrogen-bond donors (Lipinski definition) is 0. The van der Waals surface area contributed by atoms with Crippen molar-refractivity contribution in [2.24, 2.45) is 0 Å². The van der Waals surface area contributed by atoms with Crippen LogP contribution in [0.15, 0.2) is 47.4 Å². The zero-order valence-corrected chi connectivity index (χ0v) is 12.4. The molecule has 0 saturated carbocycles. The Morgan fingerprint density at radius 1 is 1.19 bits per heavy atom. The summed E-state index contributed by atoms with van der Waals surface area (Å²) in [5.74, 6) is 0. The molecule has 0 aliphatic carbocycles. The molecule has 0 N–H and O–H groups in total. The molecule has 106 valence electrons. The Balaban J connectivity index is 2.12. The maximum absolute atomic E-state index is 12.8. The predicted octanol–water partition coefficient (Wildman–Crippen LogP) is 2.62. The van der Waals surface area contributed by atoms with E-state index in [2.05, 4.69) is 0 Å². The van der Waals surface area contributed by atoms with Crippen LogP contribution >= 0.6 is 0 Å². The third kappa shape index (κ3) is 2.18. The number of rotatable bonds is 2. The molecule has 0 unspecified atom stereocenters. The third-order valence-corrected chi connectivity index (χ3v) is 5.53. The van der Waals surface area contributed by atoms with E-state index in [1.54, 1.807) is 12.1 Å². The van der Waals surface area contributed by atoms with Crippen LogP contribution in [0.2, 0.25) is 0 Å². The first-order chi connectivity index (χ1) is 10.0. The van der Waals surface area contributed by atoms with Gasteiger partial charge in [-0.05, 0) is 37.1 Å². The average molecular weight is 298 g/mol. The molecule has 1 aliphatic heterocycles. The van der Waals surface area contributed by atoms with E-state index in [1.165, 1.54) is 16.4 Å². The van der Waals surface area contributed by atoms with E-state index >= 15 is 0 Å². The molecule has 0 amide bonds. The Bertz CT molecular complexity index is 851. The molecule has 5 heteroatoms. The molecule has 21 heavy (non-hydrogen) atoms. The Morgan fingerprint density at radius 3 is 2.71 bits per heavy atom. The highest BCUT2D eigenvalue weighted by Gasteiger charge is 2.32. The van der Waals surface area contributed by atoms with Gasteiger partial charge in [0.25, 0.3) is 10.0 Å². The van der Waals surface area contributed by atoms with Gasteiger partial charge < -0.3 is 0 Å². The first-order valence-electron chi connectivity index (χ1n) is 6.65. The normalized spacial score (nSPS) is 13.8. The third-order valence-electron chi connectivity index (χ3n) is 3.66. The van der Waals surface area contributed by atoms with Crippen LogP contribution in [0.1, 0.15) is 16.7 Å². The SMILES string of the molecule is Cc1ccc2c(c1)CCN2S(=O)(=O)c1ccccc1C#N. The number of benzene rings is 2. The Hall–Kier alpha value is -2.32. The van der Waals surface area contributed by atoms with Crippen molar-refractivity contribution in [1.82, 2.24) is 0 Å². The molecule has 4 nitrogen and oxygen atoms in total. The van der Waals surface area contributed by atoms with Gasteiger partial charge in [-0.2, -0.15) is 5.26 Å². The van der Waals surface area contributed by atoms with Crippen molar-refractivity contribution in [2.45, 2.75) is 18.2 Å². The average Bonchev–Trinajstić information content (AvgIpc) is 2.90. The molecule has 0 aromatic heterocycles. The fourth-order valence-electron chi connectivity index (χ4n) is 2.65. The number of anilines is 1. The molecule has 0 radical (unpaired) electrons. The van der Waals surface area contributed by atoms with Gasteiger partial charge in [0.15, 0.2) is 0 Å². The van der Waals surface area contributed by atoms with Crippen molar-refractivity contribution in [3.8, 4) is 6.07 Å². The first-order valence-corrected chi connectivity index (χ1v) is 8.09. The molecule has 0 spiro atoms. The van der Waals surface area contributed by atoms with Crippen molar-refractivity contribution in [3.63, 3.8) is 0 Å². The largest absolute Gasteiger partial charge is 0.266 e. The van der Waals surface area contributed by atoms with E-state index in [0.717, 1.165) is 11.1 Å². The second kappa shape index (κ2) is 4.90. The minimum atomic E-state index is -3.70. The summed E-state index contributed by atoms with van der Waals surface area (Å²) in [7, 11) is -3.70. The summed E-state index contributed by atoms with van der Waals surface area (Å²) >= 11 is 0. The van der Waals surface area contributed by atoms with E-state index in [-0.39, 0.29) is 10.5 Å². The number of fused-ring (bicyclic) bond motifs is 1. The van der Waals surface area contributed by atoms with Gasteiger partial charge in [-0.1, -0.05) is 29.8 Å². The highest BCUT2D eigenvalue weighted by molar-refractivity contribution is 7.93. The maximum atomic E-state index is 12.8. The molecule has 2 aromatic rings. The number of hydrogen-bond acceptors (Lipinski definition) is 3. The molecule has 2 aromatic carbocycles. The number of nitriles is 1. The summed E-state index contributed by atoms with van der Waals surface area (Å²) < 4.78 is 27.1. The van der Waals surface area contributed by atoms with Crippen LogP contribution in [-0.2, 0) is 16.4 Å². The predicted molar refractivity (Wildman–Crippen MR) is 80.6 cm³/mol. The van der Waals surface area contributed by atoms with E-state index in [0.29, 0.717) is 18.7 Å². The summed E-state index contributed by atoms with van der Waals surface area (Å²) in [5, 5.41) is 9.12. The van der Waals surface area contributed by atoms with E-state index < -0.39 is 10.0 Å².